The number of fused-ring (bicyclic) bond motifs is 1. The molecule has 2 heterocycles. The van der Waals surface area contributed by atoms with Crippen molar-refractivity contribution in [3.63, 3.8) is 0 Å². The van der Waals surface area contributed by atoms with Gasteiger partial charge in [-0.2, -0.15) is 0 Å². The Kier molecular flexibility index (Phi) is 3.60. The van der Waals surface area contributed by atoms with Crippen molar-refractivity contribution in [2.45, 2.75) is 39.0 Å². The second-order valence-electron chi connectivity index (χ2n) is 5.03. The van der Waals surface area contributed by atoms with Crippen LogP contribution in [0.15, 0.2) is 22.9 Å². The summed E-state index contributed by atoms with van der Waals surface area (Å²) in [5.74, 6) is 0.737. The molecule has 0 unspecified atom stereocenters. The molecule has 2 aromatic rings. The zero-order valence-electron chi connectivity index (χ0n) is 11.0. The number of pyridine rings is 1. The van der Waals surface area contributed by atoms with Gasteiger partial charge in [-0.3, -0.25) is 0 Å². The average Bonchev–Trinajstić information content (AvgIpc) is 2.66. The van der Waals surface area contributed by atoms with Crippen molar-refractivity contribution in [2.75, 3.05) is 0 Å². The van der Waals surface area contributed by atoms with Crippen LogP contribution in [0, 0.1) is 6.92 Å². The SMILES string of the molecule is Cc1ccc(-c2ncc3c(n2)CCCCC3)nc1Br. The summed E-state index contributed by atoms with van der Waals surface area (Å²) >= 11 is 3.46. The number of aromatic nitrogens is 3. The molecule has 0 saturated carbocycles. The van der Waals surface area contributed by atoms with Crippen LogP contribution in [-0.4, -0.2) is 15.0 Å². The van der Waals surface area contributed by atoms with Crippen LogP contribution in [0.5, 0.6) is 0 Å². The number of halogens is 1. The summed E-state index contributed by atoms with van der Waals surface area (Å²) in [7, 11) is 0. The fourth-order valence-corrected chi connectivity index (χ4v) is 2.73. The van der Waals surface area contributed by atoms with Crippen LogP contribution in [0.2, 0.25) is 0 Å². The molecule has 0 saturated heterocycles. The van der Waals surface area contributed by atoms with E-state index < -0.39 is 0 Å². The Morgan fingerprint density at radius 2 is 1.89 bits per heavy atom. The van der Waals surface area contributed by atoms with Gasteiger partial charge >= 0.3 is 0 Å². The Hall–Kier alpha value is -1.29. The highest BCUT2D eigenvalue weighted by Gasteiger charge is 2.12. The Labute approximate surface area is 121 Å². The number of nitrogens with zero attached hydrogens (tertiary/aromatic N) is 3. The van der Waals surface area contributed by atoms with Crippen LogP contribution in [0.1, 0.15) is 36.1 Å². The van der Waals surface area contributed by atoms with Crippen molar-refractivity contribution in [1.29, 1.82) is 0 Å². The van der Waals surface area contributed by atoms with E-state index in [1.54, 1.807) is 0 Å². The fourth-order valence-electron chi connectivity index (χ4n) is 2.40. The molecule has 4 heteroatoms. The first kappa shape index (κ1) is 12.7. The predicted octanol–water partition coefficient (Wildman–Crippen LogP) is 3.88. The molecule has 0 N–H and O–H groups in total. The van der Waals surface area contributed by atoms with Crippen molar-refractivity contribution in [1.82, 2.24) is 15.0 Å². The molecule has 0 fully saturated rings. The lowest BCUT2D eigenvalue weighted by Gasteiger charge is -2.07. The van der Waals surface area contributed by atoms with Gasteiger partial charge in [0, 0.05) is 11.9 Å². The van der Waals surface area contributed by atoms with Gasteiger partial charge in [-0.1, -0.05) is 12.5 Å². The molecule has 98 valence electrons. The van der Waals surface area contributed by atoms with E-state index >= 15 is 0 Å². The van der Waals surface area contributed by atoms with E-state index in [9.17, 15) is 0 Å². The Bertz CT molecular complexity index is 610. The van der Waals surface area contributed by atoms with Crippen LogP contribution in [0.3, 0.4) is 0 Å². The largest absolute Gasteiger partial charge is 0.237 e. The molecule has 0 aliphatic heterocycles. The molecule has 0 spiro atoms. The lowest BCUT2D eigenvalue weighted by atomic mass is 10.1. The van der Waals surface area contributed by atoms with Crippen LogP contribution in [-0.2, 0) is 12.8 Å². The number of hydrogen-bond acceptors (Lipinski definition) is 3. The maximum atomic E-state index is 4.72. The fraction of sp³-hybridized carbons (Fsp3) is 0.400. The normalized spacial score (nSPS) is 14.8. The van der Waals surface area contributed by atoms with E-state index in [2.05, 4.69) is 25.9 Å². The van der Waals surface area contributed by atoms with Gasteiger partial charge in [-0.25, -0.2) is 15.0 Å². The molecule has 3 rings (SSSR count). The van der Waals surface area contributed by atoms with Crippen molar-refractivity contribution >= 4 is 15.9 Å². The van der Waals surface area contributed by atoms with Gasteiger partial charge in [0.15, 0.2) is 5.82 Å². The number of rotatable bonds is 1. The second-order valence-corrected chi connectivity index (χ2v) is 5.78. The first-order chi connectivity index (χ1) is 9.24. The van der Waals surface area contributed by atoms with E-state index in [0.717, 1.165) is 34.5 Å². The molecule has 3 nitrogen and oxygen atoms in total. The summed E-state index contributed by atoms with van der Waals surface area (Å²) in [5.41, 5.74) is 4.48. The smallest absolute Gasteiger partial charge is 0.178 e. The minimum absolute atomic E-state index is 0.737. The van der Waals surface area contributed by atoms with Crippen LogP contribution in [0.4, 0.5) is 0 Å². The van der Waals surface area contributed by atoms with Crippen molar-refractivity contribution in [3.05, 3.63) is 39.8 Å². The van der Waals surface area contributed by atoms with Gasteiger partial charge in [-0.15, -0.1) is 0 Å². The van der Waals surface area contributed by atoms with Crippen molar-refractivity contribution in [2.24, 2.45) is 0 Å². The van der Waals surface area contributed by atoms with Crippen LogP contribution < -0.4 is 0 Å². The first-order valence-electron chi connectivity index (χ1n) is 6.72. The third-order valence-corrected chi connectivity index (χ3v) is 4.38. The molecule has 1 aliphatic carbocycles. The number of aryl methyl sites for hydroxylation is 3. The lowest BCUT2D eigenvalue weighted by molar-refractivity contribution is 0.709. The highest BCUT2D eigenvalue weighted by molar-refractivity contribution is 9.10. The van der Waals surface area contributed by atoms with Crippen LogP contribution >= 0.6 is 15.9 Å². The van der Waals surface area contributed by atoms with E-state index in [1.807, 2.05) is 25.3 Å². The van der Waals surface area contributed by atoms with E-state index in [-0.39, 0.29) is 0 Å². The molecule has 0 radical (unpaired) electrons. The predicted molar refractivity (Wildman–Crippen MR) is 79.0 cm³/mol. The summed E-state index contributed by atoms with van der Waals surface area (Å²) in [5, 5.41) is 0. The minimum atomic E-state index is 0.737. The van der Waals surface area contributed by atoms with Gasteiger partial charge in [0.25, 0.3) is 0 Å². The van der Waals surface area contributed by atoms with Gasteiger partial charge in [0.2, 0.25) is 0 Å². The average molecular weight is 318 g/mol. The molecule has 1 aliphatic rings. The van der Waals surface area contributed by atoms with E-state index in [1.165, 1.54) is 30.5 Å². The second kappa shape index (κ2) is 5.37. The first-order valence-corrected chi connectivity index (χ1v) is 7.51. The summed E-state index contributed by atoms with van der Waals surface area (Å²) in [6, 6.07) is 4.03. The maximum Gasteiger partial charge on any atom is 0.178 e. The minimum Gasteiger partial charge on any atom is -0.237 e. The topological polar surface area (TPSA) is 38.7 Å². The summed E-state index contributed by atoms with van der Waals surface area (Å²) in [6.07, 6.45) is 7.94. The van der Waals surface area contributed by atoms with Gasteiger partial charge in [-0.05, 0) is 65.7 Å². The monoisotopic (exact) mass is 317 g/mol. The molecule has 19 heavy (non-hydrogen) atoms. The molecule has 0 aromatic carbocycles. The third-order valence-electron chi connectivity index (χ3n) is 3.58. The van der Waals surface area contributed by atoms with Crippen molar-refractivity contribution in [3.8, 4) is 11.5 Å². The van der Waals surface area contributed by atoms with E-state index in [0.29, 0.717) is 0 Å². The van der Waals surface area contributed by atoms with Gasteiger partial charge in [0.05, 0.1) is 0 Å². The van der Waals surface area contributed by atoms with Crippen LogP contribution in [0.25, 0.3) is 11.5 Å². The quantitative estimate of drug-likeness (QED) is 0.592. The van der Waals surface area contributed by atoms with Gasteiger partial charge < -0.3 is 0 Å². The summed E-state index contributed by atoms with van der Waals surface area (Å²) in [6.45, 7) is 2.03. The zero-order valence-corrected chi connectivity index (χ0v) is 12.6. The molecular formula is C15H16BrN3. The molecule has 0 atom stereocenters. The maximum absolute atomic E-state index is 4.72. The Morgan fingerprint density at radius 1 is 1.05 bits per heavy atom. The lowest BCUT2D eigenvalue weighted by Crippen LogP contribution is -2.01. The highest BCUT2D eigenvalue weighted by Crippen LogP contribution is 2.23. The highest BCUT2D eigenvalue weighted by atomic mass is 79.9. The van der Waals surface area contributed by atoms with Crippen molar-refractivity contribution < 1.29 is 0 Å². The third kappa shape index (κ3) is 2.68. The molecule has 2 aromatic heterocycles. The zero-order chi connectivity index (χ0) is 13.2. The molecule has 0 amide bonds. The van der Waals surface area contributed by atoms with E-state index in [4.69, 9.17) is 4.98 Å². The Morgan fingerprint density at radius 3 is 2.74 bits per heavy atom. The Balaban J connectivity index is 2.01. The molecule has 0 bridgehead atoms. The standard InChI is InChI=1S/C15H16BrN3/c1-10-7-8-13(18-14(10)16)15-17-9-11-5-3-2-4-6-12(11)19-15/h7-9H,2-6H2,1H3. The molecular weight excluding hydrogens is 302 g/mol. The summed E-state index contributed by atoms with van der Waals surface area (Å²) < 4.78 is 0.864. The number of hydrogen-bond donors (Lipinski definition) is 0. The summed E-state index contributed by atoms with van der Waals surface area (Å²) in [4.78, 5) is 13.7. The van der Waals surface area contributed by atoms with Gasteiger partial charge in [0.1, 0.15) is 10.3 Å².